The minimum Gasteiger partial charge on any atom is -0.338 e. The van der Waals surface area contributed by atoms with Crippen molar-refractivity contribution in [1.29, 1.82) is 0 Å². The highest BCUT2D eigenvalue weighted by Gasteiger charge is 2.16. The molecule has 0 fully saturated rings. The monoisotopic (exact) mass is 293 g/mol. The number of hydrogen-bond acceptors (Lipinski definition) is 2. The van der Waals surface area contributed by atoms with Crippen LogP contribution in [0.25, 0.3) is 0 Å². The zero-order valence-corrected chi connectivity index (χ0v) is 12.4. The van der Waals surface area contributed by atoms with Crippen molar-refractivity contribution in [1.82, 2.24) is 14.9 Å². The molecule has 0 aliphatic heterocycles. The first-order chi connectivity index (χ1) is 10.1. The average Bonchev–Trinajstić information content (AvgIpc) is 2.85. The quantitative estimate of drug-likeness (QED) is 0.848. The minimum absolute atomic E-state index is 0.137. The van der Waals surface area contributed by atoms with Gasteiger partial charge in [0, 0.05) is 43.5 Å². The molecule has 0 spiro atoms. The van der Waals surface area contributed by atoms with Crippen molar-refractivity contribution in [2.75, 3.05) is 6.54 Å². The molecule has 0 saturated heterocycles. The van der Waals surface area contributed by atoms with Crippen LogP contribution in [0.3, 0.4) is 0 Å². The summed E-state index contributed by atoms with van der Waals surface area (Å²) < 4.78 is 29.0. The van der Waals surface area contributed by atoms with Crippen molar-refractivity contribution < 1.29 is 8.78 Å². The summed E-state index contributed by atoms with van der Waals surface area (Å²) in [7, 11) is 1.94. The number of imidazole rings is 1. The Kier molecular flexibility index (Phi) is 5.44. The lowest BCUT2D eigenvalue weighted by atomic mass is 10.0. The smallest absolute Gasteiger partial charge is 0.130 e. The Morgan fingerprint density at radius 3 is 2.76 bits per heavy atom. The van der Waals surface area contributed by atoms with E-state index in [1.807, 2.05) is 17.8 Å². The summed E-state index contributed by atoms with van der Waals surface area (Å²) >= 11 is 0. The third kappa shape index (κ3) is 4.11. The predicted octanol–water partition coefficient (Wildman–Crippen LogP) is 3.37. The van der Waals surface area contributed by atoms with Gasteiger partial charge in [-0.05, 0) is 25.5 Å². The first-order valence-corrected chi connectivity index (χ1v) is 7.26. The van der Waals surface area contributed by atoms with E-state index in [0.29, 0.717) is 12.0 Å². The number of rotatable bonds is 7. The van der Waals surface area contributed by atoms with Crippen molar-refractivity contribution in [3.63, 3.8) is 0 Å². The number of nitrogens with zero attached hydrogens (tertiary/aromatic N) is 2. The molecule has 1 heterocycles. The molecule has 0 radical (unpaired) electrons. The fourth-order valence-corrected chi connectivity index (χ4v) is 2.38. The fourth-order valence-electron chi connectivity index (χ4n) is 2.38. The Morgan fingerprint density at radius 2 is 2.14 bits per heavy atom. The molecule has 2 aromatic rings. The summed E-state index contributed by atoms with van der Waals surface area (Å²) in [5, 5.41) is 3.33. The molecular formula is C16H21F2N3. The summed E-state index contributed by atoms with van der Waals surface area (Å²) in [5.74, 6) is -0.0844. The lowest BCUT2D eigenvalue weighted by Gasteiger charge is -2.19. The minimum atomic E-state index is -0.547. The second-order valence-electron chi connectivity index (χ2n) is 5.17. The van der Waals surface area contributed by atoms with Gasteiger partial charge in [-0.25, -0.2) is 13.8 Å². The van der Waals surface area contributed by atoms with Crippen LogP contribution in [0.2, 0.25) is 0 Å². The highest BCUT2D eigenvalue weighted by Crippen LogP contribution is 2.22. The number of aromatic nitrogens is 2. The van der Waals surface area contributed by atoms with Gasteiger partial charge >= 0.3 is 0 Å². The summed E-state index contributed by atoms with van der Waals surface area (Å²) in [6.45, 7) is 2.85. The van der Waals surface area contributed by atoms with Crippen LogP contribution in [-0.4, -0.2) is 16.1 Å². The molecule has 0 aliphatic rings. The summed E-state index contributed by atoms with van der Waals surface area (Å²) in [6.07, 6.45) is 6.06. The van der Waals surface area contributed by atoms with Crippen molar-refractivity contribution >= 4 is 0 Å². The molecule has 3 nitrogen and oxygen atoms in total. The van der Waals surface area contributed by atoms with E-state index in [1.54, 1.807) is 6.20 Å². The van der Waals surface area contributed by atoms with E-state index in [9.17, 15) is 8.78 Å². The van der Waals surface area contributed by atoms with Crippen LogP contribution < -0.4 is 5.32 Å². The largest absolute Gasteiger partial charge is 0.338 e. The number of nitrogens with one attached hydrogen (secondary N) is 1. The number of aryl methyl sites for hydroxylation is 2. The Morgan fingerprint density at radius 1 is 1.33 bits per heavy atom. The van der Waals surface area contributed by atoms with Crippen LogP contribution in [0.15, 0.2) is 30.6 Å². The molecule has 0 saturated carbocycles. The molecule has 1 unspecified atom stereocenters. The van der Waals surface area contributed by atoms with Crippen molar-refractivity contribution in [2.45, 2.75) is 32.2 Å². The second kappa shape index (κ2) is 7.31. The van der Waals surface area contributed by atoms with Crippen LogP contribution in [0.4, 0.5) is 8.78 Å². The maximum atomic E-state index is 14.0. The molecule has 2 rings (SSSR count). The molecule has 0 aliphatic carbocycles. The topological polar surface area (TPSA) is 29.9 Å². The second-order valence-corrected chi connectivity index (χ2v) is 5.17. The van der Waals surface area contributed by atoms with E-state index in [-0.39, 0.29) is 6.04 Å². The Balaban J connectivity index is 2.12. The van der Waals surface area contributed by atoms with E-state index < -0.39 is 11.6 Å². The van der Waals surface area contributed by atoms with Gasteiger partial charge in [0.15, 0.2) is 0 Å². The normalized spacial score (nSPS) is 12.6. The van der Waals surface area contributed by atoms with Gasteiger partial charge in [-0.1, -0.05) is 13.0 Å². The highest BCUT2D eigenvalue weighted by atomic mass is 19.1. The van der Waals surface area contributed by atoms with Crippen molar-refractivity contribution in [3.05, 3.63) is 53.6 Å². The molecule has 114 valence electrons. The van der Waals surface area contributed by atoms with E-state index in [4.69, 9.17) is 0 Å². The average molecular weight is 293 g/mol. The van der Waals surface area contributed by atoms with Crippen LogP contribution in [-0.2, 0) is 13.5 Å². The lowest BCUT2D eigenvalue weighted by Crippen LogP contribution is -2.24. The first kappa shape index (κ1) is 15.6. The molecule has 1 atom stereocenters. The molecule has 5 heteroatoms. The van der Waals surface area contributed by atoms with E-state index in [2.05, 4.69) is 17.2 Å². The van der Waals surface area contributed by atoms with Crippen LogP contribution in [0, 0.1) is 11.6 Å². The highest BCUT2D eigenvalue weighted by molar-refractivity contribution is 5.22. The Labute approximate surface area is 124 Å². The molecule has 1 N–H and O–H groups in total. The van der Waals surface area contributed by atoms with Crippen molar-refractivity contribution in [3.8, 4) is 0 Å². The van der Waals surface area contributed by atoms with Gasteiger partial charge in [0.1, 0.15) is 17.5 Å². The first-order valence-electron chi connectivity index (χ1n) is 7.26. The van der Waals surface area contributed by atoms with Crippen LogP contribution in [0.1, 0.15) is 37.2 Å². The van der Waals surface area contributed by atoms with Gasteiger partial charge in [0.05, 0.1) is 0 Å². The number of benzene rings is 1. The molecular weight excluding hydrogens is 272 g/mol. The number of hydrogen-bond donors (Lipinski definition) is 1. The van der Waals surface area contributed by atoms with E-state index in [0.717, 1.165) is 31.3 Å². The van der Waals surface area contributed by atoms with Crippen LogP contribution in [0.5, 0.6) is 0 Å². The maximum absolute atomic E-state index is 14.0. The zero-order chi connectivity index (χ0) is 15.2. The summed E-state index contributed by atoms with van der Waals surface area (Å²) in [5.41, 5.74) is 0.513. The zero-order valence-electron chi connectivity index (χ0n) is 12.4. The van der Waals surface area contributed by atoms with Crippen molar-refractivity contribution in [2.24, 2.45) is 7.05 Å². The molecule has 1 aromatic carbocycles. The van der Waals surface area contributed by atoms with Gasteiger partial charge in [-0.2, -0.15) is 0 Å². The molecule has 21 heavy (non-hydrogen) atoms. The lowest BCUT2D eigenvalue weighted by molar-refractivity contribution is 0.464. The third-order valence-electron chi connectivity index (χ3n) is 3.56. The predicted molar refractivity (Wildman–Crippen MR) is 78.9 cm³/mol. The van der Waals surface area contributed by atoms with Gasteiger partial charge in [-0.15, -0.1) is 0 Å². The molecule has 0 bridgehead atoms. The van der Waals surface area contributed by atoms with E-state index in [1.165, 1.54) is 12.1 Å². The van der Waals surface area contributed by atoms with Gasteiger partial charge in [-0.3, -0.25) is 0 Å². The Bertz CT molecular complexity index is 581. The summed E-state index contributed by atoms with van der Waals surface area (Å²) in [6, 6.07) is 3.63. The third-order valence-corrected chi connectivity index (χ3v) is 3.56. The SMILES string of the molecule is CCCNC(CCc1nccn1C)c1ccc(F)cc1F. The Hall–Kier alpha value is -1.75. The van der Waals surface area contributed by atoms with Gasteiger partial charge in [0.2, 0.25) is 0 Å². The fraction of sp³-hybridized carbons (Fsp3) is 0.438. The van der Waals surface area contributed by atoms with E-state index >= 15 is 0 Å². The summed E-state index contributed by atoms with van der Waals surface area (Å²) in [4.78, 5) is 4.28. The standard InChI is InChI=1S/C16H21F2N3/c1-3-8-19-15(6-7-16-20-9-10-21(16)2)13-5-4-12(17)11-14(13)18/h4-5,9-11,15,19H,3,6-8H2,1-2H3. The number of halogens is 2. The van der Waals surface area contributed by atoms with Gasteiger partial charge in [0.25, 0.3) is 0 Å². The molecule has 1 aromatic heterocycles. The van der Waals surface area contributed by atoms with Gasteiger partial charge < -0.3 is 9.88 Å². The van der Waals surface area contributed by atoms with Crippen LogP contribution >= 0.6 is 0 Å². The maximum Gasteiger partial charge on any atom is 0.130 e. The molecule has 0 amide bonds.